The number of urea groups is 1. The van der Waals surface area contributed by atoms with E-state index < -0.39 is 5.97 Å². The minimum Gasteiger partial charge on any atom is -0.480 e. The molecule has 2 aliphatic rings. The number of likely N-dealkylation sites (N-methyl/N-ethyl adjacent to an activating group) is 1. The number of nitrogens with one attached hydrogen (secondary N) is 1. The molecule has 0 radical (unpaired) electrons. The van der Waals surface area contributed by atoms with Crippen LogP contribution in [0.2, 0.25) is 0 Å². The number of piperidine rings is 1. The van der Waals surface area contributed by atoms with Crippen LogP contribution in [0.3, 0.4) is 0 Å². The smallest absolute Gasteiger partial charge is 0.317 e. The Labute approximate surface area is 138 Å². The maximum Gasteiger partial charge on any atom is 0.317 e. The summed E-state index contributed by atoms with van der Waals surface area (Å²) in [5.41, 5.74) is 0. The van der Waals surface area contributed by atoms with Gasteiger partial charge in [0.25, 0.3) is 0 Å². The molecule has 132 valence electrons. The fourth-order valence-electron chi connectivity index (χ4n) is 3.57. The van der Waals surface area contributed by atoms with Crippen LogP contribution in [0, 0.1) is 0 Å². The molecule has 1 heterocycles. The number of hydrogen-bond donors (Lipinski definition) is 2. The van der Waals surface area contributed by atoms with Crippen molar-refractivity contribution in [1.82, 2.24) is 15.1 Å². The monoisotopic (exact) mass is 327 g/mol. The van der Waals surface area contributed by atoms with Gasteiger partial charge >= 0.3 is 12.0 Å². The topological polar surface area (TPSA) is 82.1 Å². The Balaban J connectivity index is 1.77. The molecule has 1 saturated carbocycles. The Morgan fingerprint density at radius 2 is 2.09 bits per heavy atom. The first-order valence-electron chi connectivity index (χ1n) is 8.57. The van der Waals surface area contributed by atoms with Gasteiger partial charge in [-0.2, -0.15) is 0 Å². The Bertz CT molecular complexity index is 410. The van der Waals surface area contributed by atoms with Crippen LogP contribution >= 0.6 is 0 Å². The van der Waals surface area contributed by atoms with Crippen LogP contribution in [-0.2, 0) is 9.53 Å². The highest BCUT2D eigenvalue weighted by Crippen LogP contribution is 2.26. The lowest BCUT2D eigenvalue weighted by atomic mass is 9.85. The molecule has 1 aliphatic heterocycles. The summed E-state index contributed by atoms with van der Waals surface area (Å²) in [6.45, 7) is 4.14. The van der Waals surface area contributed by atoms with Crippen molar-refractivity contribution >= 4 is 12.0 Å². The minimum atomic E-state index is -0.796. The summed E-state index contributed by atoms with van der Waals surface area (Å²) >= 11 is 0. The molecule has 2 fully saturated rings. The number of nitrogens with zero attached hydrogens (tertiary/aromatic N) is 2. The molecule has 0 aromatic heterocycles. The highest BCUT2D eigenvalue weighted by Gasteiger charge is 2.36. The van der Waals surface area contributed by atoms with Gasteiger partial charge in [-0.05, 0) is 38.6 Å². The van der Waals surface area contributed by atoms with Gasteiger partial charge < -0.3 is 20.1 Å². The molecule has 0 aromatic carbocycles. The van der Waals surface area contributed by atoms with Gasteiger partial charge in [-0.1, -0.05) is 6.92 Å². The van der Waals surface area contributed by atoms with E-state index in [9.17, 15) is 9.59 Å². The average molecular weight is 327 g/mol. The number of methoxy groups -OCH3 is 1. The second-order valence-corrected chi connectivity index (χ2v) is 6.53. The zero-order chi connectivity index (χ0) is 16.8. The number of carboxylic acids is 1. The summed E-state index contributed by atoms with van der Waals surface area (Å²) in [5.74, 6) is -0.796. The van der Waals surface area contributed by atoms with Gasteiger partial charge in [-0.3, -0.25) is 9.69 Å². The van der Waals surface area contributed by atoms with Gasteiger partial charge in [0.05, 0.1) is 19.2 Å². The first-order valence-corrected chi connectivity index (χ1v) is 8.57. The Kier molecular flexibility index (Phi) is 6.65. The third-order valence-corrected chi connectivity index (χ3v) is 4.95. The van der Waals surface area contributed by atoms with Gasteiger partial charge in [0.1, 0.15) is 0 Å². The van der Waals surface area contributed by atoms with Crippen molar-refractivity contribution in [3.05, 3.63) is 0 Å². The molecule has 1 unspecified atom stereocenters. The second kappa shape index (κ2) is 8.49. The van der Waals surface area contributed by atoms with Gasteiger partial charge in [0, 0.05) is 25.7 Å². The highest BCUT2D eigenvalue weighted by atomic mass is 16.5. The summed E-state index contributed by atoms with van der Waals surface area (Å²) in [7, 11) is 1.67. The molecule has 1 saturated heterocycles. The van der Waals surface area contributed by atoms with Crippen molar-refractivity contribution in [2.45, 2.75) is 57.2 Å². The van der Waals surface area contributed by atoms with Crippen LogP contribution in [0.1, 0.15) is 39.0 Å². The molecule has 7 nitrogen and oxygen atoms in total. The molecule has 1 aliphatic carbocycles. The number of carboxylic acid groups (broad SMARTS) is 1. The highest BCUT2D eigenvalue weighted by molar-refractivity contribution is 5.75. The van der Waals surface area contributed by atoms with E-state index in [1.165, 1.54) is 0 Å². The van der Waals surface area contributed by atoms with E-state index in [-0.39, 0.29) is 30.7 Å². The standard InChI is InChI=1S/C16H29N3O4/c1-3-18(10-15(20)21)14-8-12(9-14)17-16(22)19-7-5-4-6-13(19)11-23-2/h12-14H,3-11H2,1-2H3,(H,17,22)(H,20,21). The lowest BCUT2D eigenvalue weighted by Gasteiger charge is -2.44. The molecule has 7 heteroatoms. The average Bonchev–Trinajstić information content (AvgIpc) is 2.49. The van der Waals surface area contributed by atoms with Gasteiger partial charge in [0.15, 0.2) is 0 Å². The molecule has 2 rings (SSSR count). The largest absolute Gasteiger partial charge is 0.480 e. The van der Waals surface area contributed by atoms with Crippen LogP contribution in [0.15, 0.2) is 0 Å². The lowest BCUT2D eigenvalue weighted by Crippen LogP contribution is -2.58. The molecular weight excluding hydrogens is 298 g/mol. The Morgan fingerprint density at radius 1 is 1.35 bits per heavy atom. The summed E-state index contributed by atoms with van der Waals surface area (Å²) in [6, 6.07) is 0.582. The van der Waals surface area contributed by atoms with Gasteiger partial charge in [0.2, 0.25) is 0 Å². The predicted molar refractivity (Wildman–Crippen MR) is 86.4 cm³/mol. The molecule has 23 heavy (non-hydrogen) atoms. The predicted octanol–water partition coefficient (Wildman–Crippen LogP) is 1.13. The number of ether oxygens (including phenoxy) is 1. The summed E-state index contributed by atoms with van der Waals surface area (Å²) in [5, 5.41) is 12.0. The van der Waals surface area contributed by atoms with Crippen LogP contribution < -0.4 is 5.32 Å². The SMILES string of the molecule is CCN(CC(=O)O)C1CC(NC(=O)N2CCCCC2COC)C1. The van der Waals surface area contributed by atoms with Crippen LogP contribution in [0.25, 0.3) is 0 Å². The van der Waals surface area contributed by atoms with Gasteiger partial charge in [-0.15, -0.1) is 0 Å². The minimum absolute atomic E-state index is 0.00326. The second-order valence-electron chi connectivity index (χ2n) is 6.53. The van der Waals surface area contributed by atoms with Crippen LogP contribution in [-0.4, -0.2) is 78.4 Å². The maximum atomic E-state index is 12.5. The fourth-order valence-corrected chi connectivity index (χ4v) is 3.57. The number of carbonyl (C=O) groups excluding carboxylic acids is 1. The molecule has 2 amide bonds. The summed E-state index contributed by atoms with van der Waals surface area (Å²) < 4.78 is 5.22. The molecule has 2 N–H and O–H groups in total. The number of amides is 2. The van der Waals surface area contributed by atoms with E-state index in [0.717, 1.165) is 45.2 Å². The summed E-state index contributed by atoms with van der Waals surface area (Å²) in [4.78, 5) is 27.2. The van der Waals surface area contributed by atoms with Crippen molar-refractivity contribution in [3.63, 3.8) is 0 Å². The van der Waals surface area contributed by atoms with E-state index in [2.05, 4.69) is 5.32 Å². The number of hydrogen-bond acceptors (Lipinski definition) is 4. The number of likely N-dealkylation sites (tertiary alicyclic amines) is 1. The van der Waals surface area contributed by atoms with Crippen molar-refractivity contribution < 1.29 is 19.4 Å². The summed E-state index contributed by atoms with van der Waals surface area (Å²) in [6.07, 6.45) is 4.84. The third-order valence-electron chi connectivity index (χ3n) is 4.95. The van der Waals surface area contributed by atoms with E-state index in [1.807, 2.05) is 16.7 Å². The first-order chi connectivity index (χ1) is 11.0. The molecular formula is C16H29N3O4. The third kappa shape index (κ3) is 4.81. The molecule has 0 spiro atoms. The normalized spacial score (nSPS) is 27.6. The molecule has 0 bridgehead atoms. The zero-order valence-electron chi connectivity index (χ0n) is 14.2. The maximum absolute atomic E-state index is 12.5. The Morgan fingerprint density at radius 3 is 2.70 bits per heavy atom. The lowest BCUT2D eigenvalue weighted by molar-refractivity contribution is -0.139. The Hall–Kier alpha value is -1.34. The van der Waals surface area contributed by atoms with Crippen molar-refractivity contribution in [2.75, 3.05) is 33.4 Å². The molecule has 0 aromatic rings. The van der Waals surface area contributed by atoms with Gasteiger partial charge in [-0.25, -0.2) is 4.79 Å². The fraction of sp³-hybridized carbons (Fsp3) is 0.875. The van der Waals surface area contributed by atoms with E-state index in [0.29, 0.717) is 6.61 Å². The number of carbonyl (C=O) groups is 2. The van der Waals surface area contributed by atoms with E-state index >= 15 is 0 Å². The quantitative estimate of drug-likeness (QED) is 0.733. The van der Waals surface area contributed by atoms with E-state index in [4.69, 9.17) is 9.84 Å². The van der Waals surface area contributed by atoms with Crippen molar-refractivity contribution in [1.29, 1.82) is 0 Å². The number of rotatable bonds is 7. The van der Waals surface area contributed by atoms with Crippen LogP contribution in [0.5, 0.6) is 0 Å². The first kappa shape index (κ1) is 18.0. The molecule has 1 atom stereocenters. The van der Waals surface area contributed by atoms with Crippen LogP contribution in [0.4, 0.5) is 4.79 Å². The van der Waals surface area contributed by atoms with Crippen molar-refractivity contribution in [2.24, 2.45) is 0 Å². The zero-order valence-corrected chi connectivity index (χ0v) is 14.2. The number of aliphatic carboxylic acids is 1. The van der Waals surface area contributed by atoms with Crippen molar-refractivity contribution in [3.8, 4) is 0 Å². The van der Waals surface area contributed by atoms with E-state index in [1.54, 1.807) is 7.11 Å².